The standard InChI is InChI=1S/C14H11BrCl2N2O4S/c1-18-14(21)7-2-9(16)6-10(3-7)19-24(22,23)12-5-8(15)4-11(17)13(12)20/h2-6,19-20H,1H3,(H,18,21). The third-order valence-electron chi connectivity index (χ3n) is 2.92. The van der Waals surface area contributed by atoms with Crippen molar-refractivity contribution in [2.45, 2.75) is 4.90 Å². The lowest BCUT2D eigenvalue weighted by Gasteiger charge is -2.12. The van der Waals surface area contributed by atoms with Gasteiger partial charge in [0, 0.05) is 22.1 Å². The van der Waals surface area contributed by atoms with E-state index in [0.717, 1.165) is 0 Å². The van der Waals surface area contributed by atoms with E-state index in [4.69, 9.17) is 23.2 Å². The van der Waals surface area contributed by atoms with E-state index in [1.807, 2.05) is 0 Å². The summed E-state index contributed by atoms with van der Waals surface area (Å²) in [6.45, 7) is 0. The molecule has 0 saturated carbocycles. The van der Waals surface area contributed by atoms with Crippen molar-refractivity contribution in [2.24, 2.45) is 0 Å². The topological polar surface area (TPSA) is 95.5 Å². The summed E-state index contributed by atoms with van der Waals surface area (Å²) in [5, 5.41) is 12.4. The molecule has 2 aromatic carbocycles. The van der Waals surface area contributed by atoms with Gasteiger partial charge < -0.3 is 10.4 Å². The number of anilines is 1. The highest BCUT2D eigenvalue weighted by Crippen LogP contribution is 2.35. The molecule has 0 aliphatic rings. The number of hydrogen-bond donors (Lipinski definition) is 3. The lowest BCUT2D eigenvalue weighted by Crippen LogP contribution is -2.19. The van der Waals surface area contributed by atoms with Gasteiger partial charge in [-0.1, -0.05) is 39.1 Å². The Hall–Kier alpha value is -1.48. The van der Waals surface area contributed by atoms with Gasteiger partial charge in [0.15, 0.2) is 5.75 Å². The number of carbonyl (C=O) groups is 1. The average Bonchev–Trinajstić information content (AvgIpc) is 2.48. The second-order valence-electron chi connectivity index (χ2n) is 4.65. The molecule has 0 aliphatic carbocycles. The van der Waals surface area contributed by atoms with Crippen LogP contribution < -0.4 is 10.0 Å². The Kier molecular flexibility index (Phi) is 5.64. The molecular formula is C14H11BrCl2N2O4S. The molecule has 24 heavy (non-hydrogen) atoms. The molecule has 128 valence electrons. The summed E-state index contributed by atoms with van der Waals surface area (Å²) in [6, 6.07) is 6.61. The molecule has 0 radical (unpaired) electrons. The van der Waals surface area contributed by atoms with Crippen LogP contribution in [0.4, 0.5) is 5.69 Å². The van der Waals surface area contributed by atoms with Crippen LogP contribution in [0.2, 0.25) is 10.0 Å². The van der Waals surface area contributed by atoms with Gasteiger partial charge in [0.1, 0.15) is 4.90 Å². The molecule has 0 bridgehead atoms. The van der Waals surface area contributed by atoms with Crippen LogP contribution in [0.25, 0.3) is 0 Å². The number of hydrogen-bond acceptors (Lipinski definition) is 4. The van der Waals surface area contributed by atoms with Crippen molar-refractivity contribution in [2.75, 3.05) is 11.8 Å². The first-order valence-electron chi connectivity index (χ1n) is 6.37. The number of benzene rings is 2. The smallest absolute Gasteiger partial charge is 0.265 e. The van der Waals surface area contributed by atoms with Crippen LogP contribution in [-0.2, 0) is 10.0 Å². The second kappa shape index (κ2) is 7.18. The number of sulfonamides is 1. The van der Waals surface area contributed by atoms with Crippen LogP contribution in [0.1, 0.15) is 10.4 Å². The Morgan fingerprint density at radius 1 is 1.17 bits per heavy atom. The minimum atomic E-state index is -4.16. The van der Waals surface area contributed by atoms with Crippen molar-refractivity contribution in [3.05, 3.63) is 50.4 Å². The zero-order chi connectivity index (χ0) is 18.1. The maximum atomic E-state index is 12.5. The third-order valence-corrected chi connectivity index (χ3v) is 5.28. The van der Waals surface area contributed by atoms with Gasteiger partial charge in [0.2, 0.25) is 0 Å². The Morgan fingerprint density at radius 3 is 2.46 bits per heavy atom. The van der Waals surface area contributed by atoms with Gasteiger partial charge in [-0.05, 0) is 30.3 Å². The van der Waals surface area contributed by atoms with Crippen molar-refractivity contribution in [3.63, 3.8) is 0 Å². The number of aromatic hydroxyl groups is 1. The van der Waals surface area contributed by atoms with E-state index in [1.165, 1.54) is 37.4 Å². The quantitative estimate of drug-likeness (QED) is 0.658. The van der Waals surface area contributed by atoms with Crippen molar-refractivity contribution in [1.29, 1.82) is 0 Å². The van der Waals surface area contributed by atoms with Crippen molar-refractivity contribution < 1.29 is 18.3 Å². The summed E-state index contributed by atoms with van der Waals surface area (Å²) >= 11 is 14.8. The summed E-state index contributed by atoms with van der Waals surface area (Å²) < 4.78 is 27.6. The minimum absolute atomic E-state index is 0.0663. The summed E-state index contributed by atoms with van der Waals surface area (Å²) in [5.74, 6) is -1.01. The van der Waals surface area contributed by atoms with Crippen molar-refractivity contribution in [1.82, 2.24) is 5.32 Å². The Bertz CT molecular complexity index is 919. The lowest BCUT2D eigenvalue weighted by molar-refractivity contribution is 0.0963. The predicted octanol–water partition coefficient (Wildman–Crippen LogP) is 3.62. The molecule has 0 unspecified atom stereocenters. The monoisotopic (exact) mass is 452 g/mol. The van der Waals surface area contributed by atoms with Gasteiger partial charge in [-0.25, -0.2) is 8.42 Å². The number of amides is 1. The number of carbonyl (C=O) groups excluding carboxylic acids is 1. The zero-order valence-electron chi connectivity index (χ0n) is 12.1. The van der Waals surface area contributed by atoms with Crippen LogP contribution in [0.3, 0.4) is 0 Å². The maximum absolute atomic E-state index is 12.5. The molecule has 10 heteroatoms. The van der Waals surface area contributed by atoms with Crippen molar-refractivity contribution in [3.8, 4) is 5.75 Å². The molecule has 0 atom stereocenters. The summed E-state index contributed by atoms with van der Waals surface area (Å²) in [4.78, 5) is 11.3. The molecular weight excluding hydrogens is 443 g/mol. The molecule has 3 N–H and O–H groups in total. The fourth-order valence-corrected chi connectivity index (χ4v) is 4.32. The van der Waals surface area contributed by atoms with Gasteiger partial charge in [-0.3, -0.25) is 9.52 Å². The van der Waals surface area contributed by atoms with Crippen LogP contribution >= 0.6 is 39.1 Å². The first kappa shape index (κ1) is 18.9. The fourth-order valence-electron chi connectivity index (χ4n) is 1.88. The van der Waals surface area contributed by atoms with Gasteiger partial charge in [-0.2, -0.15) is 0 Å². The Balaban J connectivity index is 2.47. The van der Waals surface area contributed by atoms with Crippen LogP contribution in [0, 0.1) is 0 Å². The van der Waals surface area contributed by atoms with Gasteiger partial charge in [0.05, 0.1) is 10.7 Å². The number of phenolic OH excluding ortho intramolecular Hbond substituents is 1. The van der Waals surface area contributed by atoms with Gasteiger partial charge in [-0.15, -0.1) is 0 Å². The highest BCUT2D eigenvalue weighted by molar-refractivity contribution is 9.10. The SMILES string of the molecule is CNC(=O)c1cc(Cl)cc(NS(=O)(=O)c2cc(Br)cc(Cl)c2O)c1. The third kappa shape index (κ3) is 4.13. The van der Waals surface area contributed by atoms with E-state index in [-0.39, 0.29) is 21.3 Å². The largest absolute Gasteiger partial charge is 0.505 e. The van der Waals surface area contributed by atoms with Crippen LogP contribution in [0.15, 0.2) is 39.7 Å². The summed E-state index contributed by atoms with van der Waals surface area (Å²) in [7, 11) is -2.72. The van der Waals surface area contributed by atoms with Crippen molar-refractivity contribution >= 4 is 60.7 Å². The highest BCUT2D eigenvalue weighted by Gasteiger charge is 2.22. The zero-order valence-corrected chi connectivity index (χ0v) is 16.0. The first-order chi connectivity index (χ1) is 11.1. The molecule has 0 saturated heterocycles. The summed E-state index contributed by atoms with van der Waals surface area (Å²) in [6.07, 6.45) is 0. The predicted molar refractivity (Wildman–Crippen MR) is 96.5 cm³/mol. The Morgan fingerprint density at radius 2 is 1.83 bits per heavy atom. The molecule has 0 heterocycles. The molecule has 0 spiro atoms. The number of nitrogens with one attached hydrogen (secondary N) is 2. The van der Waals surface area contributed by atoms with E-state index >= 15 is 0 Å². The van der Waals surface area contributed by atoms with Crippen LogP contribution in [-0.4, -0.2) is 26.5 Å². The van der Waals surface area contributed by atoms with E-state index < -0.39 is 26.6 Å². The maximum Gasteiger partial charge on any atom is 0.265 e. The molecule has 0 fully saturated rings. The molecule has 0 aliphatic heterocycles. The molecule has 0 aromatic heterocycles. The number of phenols is 1. The van der Waals surface area contributed by atoms with E-state index in [1.54, 1.807) is 0 Å². The van der Waals surface area contributed by atoms with Gasteiger partial charge >= 0.3 is 0 Å². The fraction of sp³-hybridized carbons (Fsp3) is 0.0714. The molecule has 6 nitrogen and oxygen atoms in total. The minimum Gasteiger partial charge on any atom is -0.505 e. The second-order valence-corrected chi connectivity index (χ2v) is 8.06. The van der Waals surface area contributed by atoms with E-state index in [9.17, 15) is 18.3 Å². The molecule has 1 amide bonds. The van der Waals surface area contributed by atoms with Crippen LogP contribution in [0.5, 0.6) is 5.75 Å². The average molecular weight is 454 g/mol. The first-order valence-corrected chi connectivity index (χ1v) is 9.41. The van der Waals surface area contributed by atoms with E-state index in [2.05, 4.69) is 26.0 Å². The molecule has 2 rings (SSSR count). The highest BCUT2D eigenvalue weighted by atomic mass is 79.9. The normalized spacial score (nSPS) is 11.2. The molecule has 2 aromatic rings. The summed E-state index contributed by atoms with van der Waals surface area (Å²) in [5.41, 5.74) is 0.246. The lowest BCUT2D eigenvalue weighted by atomic mass is 10.2. The van der Waals surface area contributed by atoms with E-state index in [0.29, 0.717) is 4.47 Å². The number of rotatable bonds is 4. The number of halogens is 3. The van der Waals surface area contributed by atoms with Gasteiger partial charge in [0.25, 0.3) is 15.9 Å². The Labute approximate surface area is 157 Å².